The number of nitrogens with zero attached hydrogens (tertiary/aromatic N) is 3. The normalized spacial score (nSPS) is 10.8. The molecule has 0 fully saturated rings. The Labute approximate surface area is 170 Å². The van der Waals surface area contributed by atoms with Crippen LogP contribution in [0.25, 0.3) is 16.6 Å². The predicted octanol–water partition coefficient (Wildman–Crippen LogP) is 4.99. The number of carbonyl (C=O) groups excluding carboxylic acids is 1. The second-order valence-electron chi connectivity index (χ2n) is 5.89. The van der Waals surface area contributed by atoms with Gasteiger partial charge < -0.3 is 14.6 Å². The van der Waals surface area contributed by atoms with E-state index >= 15 is 0 Å². The zero-order chi connectivity index (χ0) is 19.7. The molecule has 0 saturated heterocycles. The second-order valence-corrected chi connectivity index (χ2v) is 6.70. The van der Waals surface area contributed by atoms with Gasteiger partial charge in [-0.2, -0.15) is 0 Å². The van der Waals surface area contributed by atoms with Gasteiger partial charge in [-0.3, -0.25) is 9.78 Å². The molecule has 2 aromatic carbocycles. The summed E-state index contributed by atoms with van der Waals surface area (Å²) in [7, 11) is 1.58. The van der Waals surface area contributed by atoms with Crippen LogP contribution in [0.4, 0.5) is 5.69 Å². The summed E-state index contributed by atoms with van der Waals surface area (Å²) in [6.07, 6.45) is 6.85. The SMILES string of the molecule is COc1ccc(NC(=O)c2c(Cl)cccc2Cl)c2nccc(-n3ccnc3)c12. The molecule has 1 amide bonds. The summed E-state index contributed by atoms with van der Waals surface area (Å²) in [5.41, 5.74) is 2.12. The van der Waals surface area contributed by atoms with E-state index in [9.17, 15) is 4.79 Å². The van der Waals surface area contributed by atoms with Gasteiger partial charge in [0.15, 0.2) is 0 Å². The Morgan fingerprint density at radius 3 is 2.57 bits per heavy atom. The smallest absolute Gasteiger partial charge is 0.258 e. The van der Waals surface area contributed by atoms with Crippen LogP contribution in [0.5, 0.6) is 5.75 Å². The lowest BCUT2D eigenvalue weighted by atomic mass is 10.1. The number of nitrogens with one attached hydrogen (secondary N) is 1. The minimum Gasteiger partial charge on any atom is -0.496 e. The van der Waals surface area contributed by atoms with Crippen molar-refractivity contribution >= 4 is 45.7 Å². The molecule has 1 N–H and O–H groups in total. The quantitative estimate of drug-likeness (QED) is 0.512. The standard InChI is InChI=1S/C20H14Cl2N4O2/c1-28-16-6-5-14(25-20(27)17-12(21)3-2-4-13(17)22)19-18(16)15(7-8-24-19)26-10-9-23-11-26/h2-11H,1H3,(H,25,27). The molecule has 28 heavy (non-hydrogen) atoms. The van der Waals surface area contributed by atoms with E-state index < -0.39 is 5.91 Å². The molecule has 140 valence electrons. The van der Waals surface area contributed by atoms with Gasteiger partial charge in [0.25, 0.3) is 5.91 Å². The largest absolute Gasteiger partial charge is 0.496 e. The minimum absolute atomic E-state index is 0.209. The number of anilines is 1. The molecule has 0 aliphatic heterocycles. The molecule has 0 unspecified atom stereocenters. The summed E-state index contributed by atoms with van der Waals surface area (Å²) in [6, 6.07) is 10.3. The maximum Gasteiger partial charge on any atom is 0.258 e. The lowest BCUT2D eigenvalue weighted by molar-refractivity contribution is 0.102. The Hall–Kier alpha value is -3.09. The van der Waals surface area contributed by atoms with E-state index in [2.05, 4.69) is 15.3 Å². The zero-order valence-electron chi connectivity index (χ0n) is 14.7. The van der Waals surface area contributed by atoms with Crippen LogP contribution in [0.1, 0.15) is 10.4 Å². The van der Waals surface area contributed by atoms with Crippen LogP contribution in [0, 0.1) is 0 Å². The fraction of sp³-hybridized carbons (Fsp3) is 0.0500. The van der Waals surface area contributed by atoms with Crippen LogP contribution < -0.4 is 10.1 Å². The monoisotopic (exact) mass is 412 g/mol. The third-order valence-corrected chi connectivity index (χ3v) is 4.90. The molecule has 8 heteroatoms. The lowest BCUT2D eigenvalue weighted by Crippen LogP contribution is -2.14. The number of aromatic nitrogens is 3. The van der Waals surface area contributed by atoms with Gasteiger partial charge in [0.1, 0.15) is 5.75 Å². The van der Waals surface area contributed by atoms with Crippen molar-refractivity contribution in [3.8, 4) is 11.4 Å². The number of amides is 1. The Morgan fingerprint density at radius 2 is 1.89 bits per heavy atom. The molecule has 6 nitrogen and oxygen atoms in total. The third kappa shape index (κ3) is 3.17. The number of halogens is 2. The average Bonchev–Trinajstić information content (AvgIpc) is 3.22. The van der Waals surface area contributed by atoms with E-state index in [-0.39, 0.29) is 15.6 Å². The summed E-state index contributed by atoms with van der Waals surface area (Å²) in [6.45, 7) is 0. The highest BCUT2D eigenvalue weighted by Gasteiger charge is 2.18. The van der Waals surface area contributed by atoms with Gasteiger partial charge in [0, 0.05) is 18.6 Å². The molecule has 0 aliphatic rings. The van der Waals surface area contributed by atoms with Crippen LogP contribution >= 0.6 is 23.2 Å². The maximum absolute atomic E-state index is 12.8. The van der Waals surface area contributed by atoms with Gasteiger partial charge in [-0.05, 0) is 30.3 Å². The van der Waals surface area contributed by atoms with Crippen molar-refractivity contribution in [3.63, 3.8) is 0 Å². The third-order valence-electron chi connectivity index (χ3n) is 4.27. The lowest BCUT2D eigenvalue weighted by Gasteiger charge is -2.15. The summed E-state index contributed by atoms with van der Waals surface area (Å²) in [4.78, 5) is 21.4. The highest BCUT2D eigenvalue weighted by Crippen LogP contribution is 2.35. The number of rotatable bonds is 4. The first-order valence-corrected chi connectivity index (χ1v) is 9.05. The summed E-state index contributed by atoms with van der Waals surface area (Å²) < 4.78 is 7.37. The van der Waals surface area contributed by atoms with Gasteiger partial charge in [0.05, 0.1) is 51.3 Å². The zero-order valence-corrected chi connectivity index (χ0v) is 16.2. The van der Waals surface area contributed by atoms with E-state index in [1.807, 2.05) is 16.8 Å². The molecule has 0 aliphatic carbocycles. The predicted molar refractivity (Wildman–Crippen MR) is 110 cm³/mol. The van der Waals surface area contributed by atoms with Crippen LogP contribution in [-0.4, -0.2) is 27.6 Å². The summed E-state index contributed by atoms with van der Waals surface area (Å²) in [5, 5.41) is 4.14. The van der Waals surface area contributed by atoms with E-state index in [0.29, 0.717) is 17.0 Å². The first-order valence-electron chi connectivity index (χ1n) is 8.29. The first-order chi connectivity index (χ1) is 13.6. The van der Waals surface area contributed by atoms with Crippen molar-refractivity contribution < 1.29 is 9.53 Å². The summed E-state index contributed by atoms with van der Waals surface area (Å²) >= 11 is 12.3. The van der Waals surface area contributed by atoms with E-state index in [4.69, 9.17) is 27.9 Å². The van der Waals surface area contributed by atoms with E-state index in [1.54, 1.807) is 56.2 Å². The van der Waals surface area contributed by atoms with Gasteiger partial charge in [-0.15, -0.1) is 0 Å². The number of fused-ring (bicyclic) bond motifs is 1. The molecule has 4 rings (SSSR count). The van der Waals surface area contributed by atoms with Crippen molar-refractivity contribution in [2.45, 2.75) is 0 Å². The number of hydrogen-bond acceptors (Lipinski definition) is 4. The number of carbonyl (C=O) groups is 1. The average molecular weight is 413 g/mol. The van der Waals surface area contributed by atoms with E-state index in [0.717, 1.165) is 11.1 Å². The van der Waals surface area contributed by atoms with Crippen LogP contribution in [-0.2, 0) is 0 Å². The van der Waals surface area contributed by atoms with Crippen LogP contribution in [0.15, 0.2) is 61.3 Å². The fourth-order valence-corrected chi connectivity index (χ4v) is 3.58. The molecule has 0 radical (unpaired) electrons. The number of methoxy groups -OCH3 is 1. The molecule has 0 atom stereocenters. The molecule has 4 aromatic rings. The number of pyridine rings is 1. The van der Waals surface area contributed by atoms with Gasteiger partial charge >= 0.3 is 0 Å². The van der Waals surface area contributed by atoms with E-state index in [1.165, 1.54) is 0 Å². The summed E-state index contributed by atoms with van der Waals surface area (Å²) in [5.74, 6) is 0.206. The second kappa shape index (κ2) is 7.50. The van der Waals surface area contributed by atoms with Crippen LogP contribution in [0.2, 0.25) is 10.0 Å². The topological polar surface area (TPSA) is 69.0 Å². The van der Waals surface area contributed by atoms with Gasteiger partial charge in [0.2, 0.25) is 0 Å². The maximum atomic E-state index is 12.8. The molecule has 0 saturated carbocycles. The highest BCUT2D eigenvalue weighted by molar-refractivity contribution is 6.40. The Bertz CT molecular complexity index is 1160. The molecular weight excluding hydrogens is 399 g/mol. The minimum atomic E-state index is -0.420. The Balaban J connectivity index is 1.85. The Morgan fingerprint density at radius 1 is 1.11 bits per heavy atom. The van der Waals surface area contributed by atoms with Crippen molar-refractivity contribution in [1.82, 2.24) is 14.5 Å². The first kappa shape index (κ1) is 18.3. The van der Waals surface area contributed by atoms with Gasteiger partial charge in [-0.25, -0.2) is 4.98 Å². The van der Waals surface area contributed by atoms with Crippen molar-refractivity contribution in [2.75, 3.05) is 12.4 Å². The number of ether oxygens (including phenoxy) is 1. The Kier molecular flexibility index (Phi) is 4.90. The number of hydrogen-bond donors (Lipinski definition) is 1. The molecule has 2 aromatic heterocycles. The van der Waals surface area contributed by atoms with Crippen molar-refractivity contribution in [1.29, 1.82) is 0 Å². The molecule has 0 spiro atoms. The highest BCUT2D eigenvalue weighted by atomic mass is 35.5. The van der Waals surface area contributed by atoms with Gasteiger partial charge in [-0.1, -0.05) is 29.3 Å². The molecule has 2 heterocycles. The molecular formula is C20H14Cl2N4O2. The number of benzene rings is 2. The van der Waals surface area contributed by atoms with Crippen LogP contribution in [0.3, 0.4) is 0 Å². The fourth-order valence-electron chi connectivity index (χ4n) is 3.01. The van der Waals surface area contributed by atoms with Crippen molar-refractivity contribution in [2.24, 2.45) is 0 Å². The molecule has 0 bridgehead atoms. The van der Waals surface area contributed by atoms with Crippen molar-refractivity contribution in [3.05, 3.63) is 76.9 Å². The number of imidazole rings is 1.